The van der Waals surface area contributed by atoms with Gasteiger partial charge in [-0.1, -0.05) is 29.8 Å². The quantitative estimate of drug-likeness (QED) is 0.360. The minimum absolute atomic E-state index is 0.112. The highest BCUT2D eigenvalue weighted by Gasteiger charge is 2.30. The second-order valence-corrected chi connectivity index (χ2v) is 8.03. The van der Waals surface area contributed by atoms with Crippen LogP contribution in [-0.4, -0.2) is 34.5 Å². The molecule has 0 aliphatic rings. The number of hydrogen-bond donors (Lipinski definition) is 3. The van der Waals surface area contributed by atoms with E-state index < -0.39 is 21.8 Å². The van der Waals surface area contributed by atoms with Crippen LogP contribution in [0.2, 0.25) is 0 Å². The van der Waals surface area contributed by atoms with Crippen molar-refractivity contribution < 1.29 is 21.6 Å². The summed E-state index contributed by atoms with van der Waals surface area (Å²) >= 11 is 0. The number of aryl methyl sites for hydroxylation is 1. The van der Waals surface area contributed by atoms with Gasteiger partial charge in [0.05, 0.1) is 10.5 Å². The predicted octanol–water partition coefficient (Wildman–Crippen LogP) is 2.66. The minimum Gasteiger partial charge on any atom is -0.355 e. The Bertz CT molecular complexity index is 943. The average Bonchev–Trinajstić information content (AvgIpc) is 2.67. The number of nitrogens with one attached hydrogen (secondary N) is 3. The van der Waals surface area contributed by atoms with E-state index in [-0.39, 0.29) is 24.5 Å². The number of hydrogen-bond acceptors (Lipinski definition) is 3. The smallest absolute Gasteiger partial charge is 0.355 e. The molecule has 0 atom stereocenters. The lowest BCUT2D eigenvalue weighted by molar-refractivity contribution is -0.137. The van der Waals surface area contributed by atoms with E-state index in [1.165, 1.54) is 25.2 Å². The summed E-state index contributed by atoms with van der Waals surface area (Å²) in [6.45, 7) is 2.36. The van der Waals surface area contributed by atoms with E-state index in [1.807, 2.05) is 6.92 Å². The lowest BCUT2D eigenvalue weighted by Crippen LogP contribution is -2.41. The number of aliphatic imine (C=N–C) groups is 1. The molecule has 0 unspecified atom stereocenters. The Labute approximate surface area is 168 Å². The van der Waals surface area contributed by atoms with Crippen LogP contribution in [0.1, 0.15) is 16.7 Å². The molecule has 0 bridgehead atoms. The van der Waals surface area contributed by atoms with Crippen LogP contribution in [-0.2, 0) is 22.7 Å². The van der Waals surface area contributed by atoms with Crippen molar-refractivity contribution in [3.63, 3.8) is 0 Å². The van der Waals surface area contributed by atoms with Crippen molar-refractivity contribution >= 4 is 16.0 Å². The van der Waals surface area contributed by atoms with Crippen molar-refractivity contribution in [3.8, 4) is 0 Å². The largest absolute Gasteiger partial charge is 0.416 e. The van der Waals surface area contributed by atoms with E-state index in [0.717, 1.165) is 17.7 Å². The van der Waals surface area contributed by atoms with Gasteiger partial charge >= 0.3 is 6.18 Å². The molecule has 0 amide bonds. The van der Waals surface area contributed by atoms with Crippen molar-refractivity contribution in [2.24, 2.45) is 4.99 Å². The molecule has 3 N–H and O–H groups in total. The zero-order chi connectivity index (χ0) is 21.5. The molecule has 0 saturated heterocycles. The van der Waals surface area contributed by atoms with E-state index >= 15 is 0 Å². The normalized spacial score (nSPS) is 12.7. The van der Waals surface area contributed by atoms with E-state index in [2.05, 4.69) is 20.3 Å². The fourth-order valence-corrected chi connectivity index (χ4v) is 3.46. The third kappa shape index (κ3) is 7.06. The van der Waals surface area contributed by atoms with Gasteiger partial charge in [0.15, 0.2) is 5.96 Å². The second kappa shape index (κ2) is 9.75. The SMILES string of the molecule is CN=C(NCCNS(=O)(=O)c1ccc(C)cc1)NCc1cccc(C(F)(F)F)c1. The first-order valence-corrected chi connectivity index (χ1v) is 10.3. The maximum Gasteiger partial charge on any atom is 0.416 e. The topological polar surface area (TPSA) is 82.6 Å². The van der Waals surface area contributed by atoms with Crippen molar-refractivity contribution in [1.29, 1.82) is 0 Å². The van der Waals surface area contributed by atoms with Gasteiger partial charge in [0.2, 0.25) is 10.0 Å². The molecule has 2 aromatic carbocycles. The van der Waals surface area contributed by atoms with Gasteiger partial charge < -0.3 is 10.6 Å². The molecular formula is C19H23F3N4O2S. The molecule has 10 heteroatoms. The number of nitrogens with zero attached hydrogens (tertiary/aromatic N) is 1. The van der Waals surface area contributed by atoms with Gasteiger partial charge in [-0.15, -0.1) is 0 Å². The summed E-state index contributed by atoms with van der Waals surface area (Å²) in [6.07, 6.45) is -4.40. The Morgan fingerprint density at radius 2 is 1.72 bits per heavy atom. The van der Waals surface area contributed by atoms with Gasteiger partial charge in [0.1, 0.15) is 0 Å². The fourth-order valence-electron chi connectivity index (χ4n) is 2.43. The highest BCUT2D eigenvalue weighted by Crippen LogP contribution is 2.29. The molecule has 0 radical (unpaired) electrons. The van der Waals surface area contributed by atoms with Crippen molar-refractivity contribution in [2.45, 2.75) is 24.5 Å². The number of rotatable bonds is 7. The van der Waals surface area contributed by atoms with Crippen LogP contribution in [0.15, 0.2) is 58.4 Å². The fraction of sp³-hybridized carbons (Fsp3) is 0.316. The van der Waals surface area contributed by atoms with E-state index in [4.69, 9.17) is 0 Å². The van der Waals surface area contributed by atoms with Crippen LogP contribution in [0.4, 0.5) is 13.2 Å². The maximum absolute atomic E-state index is 12.8. The molecule has 158 valence electrons. The second-order valence-electron chi connectivity index (χ2n) is 6.26. The molecule has 0 heterocycles. The summed E-state index contributed by atoms with van der Waals surface area (Å²) in [5.74, 6) is 0.344. The van der Waals surface area contributed by atoms with Gasteiger partial charge in [0.25, 0.3) is 0 Å². The van der Waals surface area contributed by atoms with Crippen LogP contribution in [0.3, 0.4) is 0 Å². The third-order valence-electron chi connectivity index (χ3n) is 3.98. The van der Waals surface area contributed by atoms with Gasteiger partial charge in [-0.05, 0) is 36.8 Å². The molecule has 0 aromatic heterocycles. The molecule has 6 nitrogen and oxygen atoms in total. The molecule has 0 saturated carbocycles. The Morgan fingerprint density at radius 3 is 2.34 bits per heavy atom. The highest BCUT2D eigenvalue weighted by atomic mass is 32.2. The first-order chi connectivity index (χ1) is 13.6. The molecule has 29 heavy (non-hydrogen) atoms. The Kier molecular flexibility index (Phi) is 7.63. The van der Waals surface area contributed by atoms with E-state index in [0.29, 0.717) is 11.5 Å². The zero-order valence-electron chi connectivity index (χ0n) is 16.0. The van der Waals surface area contributed by atoms with Crippen LogP contribution < -0.4 is 15.4 Å². The molecular weight excluding hydrogens is 405 g/mol. The summed E-state index contributed by atoms with van der Waals surface area (Å²) in [5, 5.41) is 5.80. The van der Waals surface area contributed by atoms with E-state index in [9.17, 15) is 21.6 Å². The Balaban J connectivity index is 1.82. The molecule has 2 aromatic rings. The molecule has 0 fully saturated rings. The van der Waals surface area contributed by atoms with Crippen molar-refractivity contribution in [2.75, 3.05) is 20.1 Å². The minimum atomic E-state index is -4.40. The summed E-state index contributed by atoms with van der Waals surface area (Å²) in [4.78, 5) is 4.15. The first-order valence-electron chi connectivity index (χ1n) is 8.79. The molecule has 0 aliphatic heterocycles. The predicted molar refractivity (Wildman–Crippen MR) is 106 cm³/mol. The molecule has 2 rings (SSSR count). The summed E-state index contributed by atoms with van der Waals surface area (Å²) < 4.78 is 65.2. The van der Waals surface area contributed by atoms with Crippen LogP contribution in [0, 0.1) is 6.92 Å². The van der Waals surface area contributed by atoms with Gasteiger partial charge in [-0.2, -0.15) is 13.2 Å². The third-order valence-corrected chi connectivity index (χ3v) is 5.46. The number of benzene rings is 2. The Hall–Kier alpha value is -2.59. The monoisotopic (exact) mass is 428 g/mol. The summed E-state index contributed by atoms with van der Waals surface area (Å²) in [7, 11) is -2.10. The number of alkyl halides is 3. The average molecular weight is 428 g/mol. The van der Waals surface area contributed by atoms with Gasteiger partial charge in [0, 0.05) is 26.7 Å². The van der Waals surface area contributed by atoms with Crippen molar-refractivity contribution in [1.82, 2.24) is 15.4 Å². The number of guanidine groups is 1. The standard InChI is InChI=1S/C19H23F3N4O2S/c1-14-6-8-17(9-7-14)29(27,28)26-11-10-24-18(23-2)25-13-15-4-3-5-16(12-15)19(20,21)22/h3-9,12,26H,10-11,13H2,1-2H3,(H2,23,24,25). The van der Waals surface area contributed by atoms with Gasteiger partial charge in [-0.3, -0.25) is 4.99 Å². The van der Waals surface area contributed by atoms with Crippen LogP contribution in [0.25, 0.3) is 0 Å². The zero-order valence-corrected chi connectivity index (χ0v) is 16.9. The van der Waals surface area contributed by atoms with Crippen LogP contribution in [0.5, 0.6) is 0 Å². The van der Waals surface area contributed by atoms with Crippen molar-refractivity contribution in [3.05, 3.63) is 65.2 Å². The lowest BCUT2D eigenvalue weighted by atomic mass is 10.1. The lowest BCUT2D eigenvalue weighted by Gasteiger charge is -2.13. The first kappa shape index (κ1) is 22.7. The van der Waals surface area contributed by atoms with E-state index in [1.54, 1.807) is 18.2 Å². The highest BCUT2D eigenvalue weighted by molar-refractivity contribution is 7.89. The summed E-state index contributed by atoms with van der Waals surface area (Å²) in [5.41, 5.74) is 0.689. The van der Waals surface area contributed by atoms with Crippen LogP contribution >= 0.6 is 0 Å². The molecule has 0 aliphatic carbocycles. The molecule has 0 spiro atoms. The maximum atomic E-state index is 12.8. The Morgan fingerprint density at radius 1 is 1.03 bits per heavy atom. The van der Waals surface area contributed by atoms with Gasteiger partial charge in [-0.25, -0.2) is 13.1 Å². The number of sulfonamides is 1. The number of halogens is 3. The summed E-state index contributed by atoms with van der Waals surface area (Å²) in [6, 6.07) is 11.5.